The Morgan fingerprint density at radius 1 is 0.396 bits per heavy atom. The van der Waals surface area contributed by atoms with Crippen LogP contribution in [0, 0.1) is 0 Å². The monoisotopic (exact) mass is 679 g/mol. The van der Waals surface area contributed by atoms with Gasteiger partial charge < -0.3 is 9.84 Å². The zero-order valence-electron chi connectivity index (χ0n) is 32.8. The van der Waals surface area contributed by atoms with E-state index in [9.17, 15) is 9.59 Å². The summed E-state index contributed by atoms with van der Waals surface area (Å²) in [7, 11) is 0. The number of carbonyl (C=O) groups excluding carboxylic acids is 1. The van der Waals surface area contributed by atoms with Crippen molar-refractivity contribution in [1.82, 2.24) is 0 Å². The summed E-state index contributed by atoms with van der Waals surface area (Å²) in [4.78, 5) is 22.9. The van der Waals surface area contributed by atoms with Crippen LogP contribution in [0.3, 0.4) is 0 Å². The van der Waals surface area contributed by atoms with Crippen molar-refractivity contribution >= 4 is 11.9 Å². The minimum Gasteiger partial charge on any atom is -0.481 e. The molecule has 1 atom stereocenters. The molecule has 4 nitrogen and oxygen atoms in total. The average molecular weight is 679 g/mol. The van der Waals surface area contributed by atoms with E-state index in [-0.39, 0.29) is 12.1 Å². The summed E-state index contributed by atoms with van der Waals surface area (Å²) >= 11 is 0. The molecule has 4 heteroatoms. The Morgan fingerprint density at radius 2 is 0.667 bits per heavy atom. The molecular weight excluding hydrogens is 592 g/mol. The van der Waals surface area contributed by atoms with Gasteiger partial charge in [-0.1, -0.05) is 219 Å². The summed E-state index contributed by atoms with van der Waals surface area (Å²) in [5.41, 5.74) is 0. The van der Waals surface area contributed by atoms with Crippen LogP contribution in [0.2, 0.25) is 0 Å². The van der Waals surface area contributed by atoms with Gasteiger partial charge in [-0.15, -0.1) is 0 Å². The van der Waals surface area contributed by atoms with Gasteiger partial charge in [-0.05, 0) is 32.1 Å². The van der Waals surface area contributed by atoms with Crippen LogP contribution in [-0.4, -0.2) is 23.1 Å². The van der Waals surface area contributed by atoms with E-state index in [1.54, 1.807) is 0 Å². The second-order valence-corrected chi connectivity index (χ2v) is 15.2. The van der Waals surface area contributed by atoms with Gasteiger partial charge in [-0.3, -0.25) is 9.59 Å². The Labute approximate surface area is 301 Å². The number of aliphatic carboxylic acids is 1. The highest BCUT2D eigenvalue weighted by atomic mass is 16.5. The Kier molecular flexibility index (Phi) is 39.5. The zero-order valence-corrected chi connectivity index (χ0v) is 32.8. The number of rotatable bonds is 41. The van der Waals surface area contributed by atoms with Crippen LogP contribution in [0.1, 0.15) is 264 Å². The van der Waals surface area contributed by atoms with Crippen molar-refractivity contribution in [2.45, 2.75) is 270 Å². The molecule has 0 heterocycles. The van der Waals surface area contributed by atoms with E-state index in [2.05, 4.69) is 13.8 Å². The molecule has 1 N–H and O–H groups in total. The SMILES string of the molecule is CCCCCCCCCCCCCCCCCCCC(=O)OC(CC)CCCCCCCCCCCCCCCCCCCCC(=O)O. The molecule has 0 aromatic heterocycles. The van der Waals surface area contributed by atoms with E-state index in [1.807, 2.05) is 0 Å². The first-order chi connectivity index (χ1) is 23.6. The second kappa shape index (κ2) is 40.4. The number of carboxylic acids is 1. The topological polar surface area (TPSA) is 63.6 Å². The molecule has 0 radical (unpaired) electrons. The van der Waals surface area contributed by atoms with Gasteiger partial charge in [0.2, 0.25) is 0 Å². The van der Waals surface area contributed by atoms with Crippen molar-refractivity contribution in [3.8, 4) is 0 Å². The van der Waals surface area contributed by atoms with Crippen LogP contribution in [0.25, 0.3) is 0 Å². The molecule has 0 rings (SSSR count). The third-order valence-corrected chi connectivity index (χ3v) is 10.4. The molecule has 0 fully saturated rings. The first kappa shape index (κ1) is 46.9. The summed E-state index contributed by atoms with van der Waals surface area (Å²) < 4.78 is 5.82. The summed E-state index contributed by atoms with van der Waals surface area (Å²) in [6.45, 7) is 4.45. The molecule has 0 aliphatic carbocycles. The van der Waals surface area contributed by atoms with Crippen LogP contribution in [0.5, 0.6) is 0 Å². The van der Waals surface area contributed by atoms with Crippen LogP contribution in [0.15, 0.2) is 0 Å². The zero-order chi connectivity index (χ0) is 35.0. The van der Waals surface area contributed by atoms with Gasteiger partial charge in [0.1, 0.15) is 6.10 Å². The number of carbonyl (C=O) groups is 2. The van der Waals surface area contributed by atoms with E-state index in [0.29, 0.717) is 12.8 Å². The summed E-state index contributed by atoms with van der Waals surface area (Å²) in [6.07, 6.45) is 49.5. The number of hydrogen-bond donors (Lipinski definition) is 1. The maximum atomic E-state index is 12.4. The van der Waals surface area contributed by atoms with Crippen molar-refractivity contribution < 1.29 is 19.4 Å². The highest BCUT2D eigenvalue weighted by Gasteiger charge is 2.12. The van der Waals surface area contributed by atoms with Crippen molar-refractivity contribution in [3.05, 3.63) is 0 Å². The highest BCUT2D eigenvalue weighted by molar-refractivity contribution is 5.69. The molecule has 0 saturated heterocycles. The van der Waals surface area contributed by atoms with Gasteiger partial charge in [-0.2, -0.15) is 0 Å². The van der Waals surface area contributed by atoms with Crippen LogP contribution in [-0.2, 0) is 14.3 Å². The van der Waals surface area contributed by atoms with Gasteiger partial charge >= 0.3 is 11.9 Å². The van der Waals surface area contributed by atoms with E-state index in [4.69, 9.17) is 9.84 Å². The van der Waals surface area contributed by atoms with Gasteiger partial charge in [0.05, 0.1) is 0 Å². The first-order valence-electron chi connectivity index (χ1n) is 22.0. The lowest BCUT2D eigenvalue weighted by atomic mass is 10.0. The third kappa shape index (κ3) is 39.4. The lowest BCUT2D eigenvalue weighted by Crippen LogP contribution is -2.17. The fourth-order valence-corrected chi connectivity index (χ4v) is 7.06. The summed E-state index contributed by atoms with van der Waals surface area (Å²) in [6, 6.07) is 0. The Morgan fingerprint density at radius 3 is 0.958 bits per heavy atom. The van der Waals surface area contributed by atoms with Crippen LogP contribution < -0.4 is 0 Å². The molecule has 0 spiro atoms. The molecule has 286 valence electrons. The van der Waals surface area contributed by atoms with Crippen LogP contribution >= 0.6 is 0 Å². The quantitative estimate of drug-likeness (QED) is 0.0516. The molecule has 48 heavy (non-hydrogen) atoms. The maximum absolute atomic E-state index is 12.4. The summed E-state index contributed by atoms with van der Waals surface area (Å²) in [5.74, 6) is -0.627. The number of hydrogen-bond acceptors (Lipinski definition) is 3. The Hall–Kier alpha value is -1.06. The molecule has 0 aliphatic rings. The van der Waals surface area contributed by atoms with Gasteiger partial charge in [0.15, 0.2) is 0 Å². The standard InChI is InChI=1S/C44H86O4/c1-3-5-6-7-8-9-10-11-12-15-20-23-26-29-32-35-38-41-44(47)48-42(4-2)39-36-33-30-27-24-21-18-16-13-14-17-19-22-25-28-31-34-37-40-43(45)46/h42H,3-41H2,1-2H3,(H,45,46). The fourth-order valence-electron chi connectivity index (χ4n) is 7.06. The van der Waals surface area contributed by atoms with Gasteiger partial charge in [-0.25, -0.2) is 0 Å². The Balaban J connectivity index is 3.35. The van der Waals surface area contributed by atoms with Crippen molar-refractivity contribution in [2.75, 3.05) is 0 Å². The maximum Gasteiger partial charge on any atom is 0.306 e. The van der Waals surface area contributed by atoms with Crippen molar-refractivity contribution in [3.63, 3.8) is 0 Å². The number of ether oxygens (including phenoxy) is 1. The van der Waals surface area contributed by atoms with Crippen molar-refractivity contribution in [1.29, 1.82) is 0 Å². The summed E-state index contributed by atoms with van der Waals surface area (Å²) in [5, 5.41) is 8.66. The molecule has 0 aromatic carbocycles. The number of unbranched alkanes of at least 4 members (excludes halogenated alkanes) is 33. The first-order valence-corrected chi connectivity index (χ1v) is 22.0. The van der Waals surface area contributed by atoms with Gasteiger partial charge in [0.25, 0.3) is 0 Å². The van der Waals surface area contributed by atoms with E-state index < -0.39 is 5.97 Å². The average Bonchev–Trinajstić information content (AvgIpc) is 3.08. The molecule has 0 saturated carbocycles. The van der Waals surface area contributed by atoms with E-state index in [0.717, 1.165) is 32.1 Å². The highest BCUT2D eigenvalue weighted by Crippen LogP contribution is 2.18. The molecule has 0 aliphatic heterocycles. The number of esters is 1. The second-order valence-electron chi connectivity index (χ2n) is 15.2. The Bertz CT molecular complexity index is 648. The molecule has 0 aromatic rings. The predicted molar refractivity (Wildman–Crippen MR) is 209 cm³/mol. The van der Waals surface area contributed by atoms with Crippen molar-refractivity contribution in [2.24, 2.45) is 0 Å². The minimum absolute atomic E-state index is 0.0320. The molecular formula is C44H86O4. The normalized spacial score (nSPS) is 12.0. The van der Waals surface area contributed by atoms with E-state index >= 15 is 0 Å². The third-order valence-electron chi connectivity index (χ3n) is 10.4. The molecule has 0 amide bonds. The predicted octanol–water partition coefficient (Wildman–Crippen LogP) is 15.2. The van der Waals surface area contributed by atoms with Gasteiger partial charge in [0, 0.05) is 12.8 Å². The largest absolute Gasteiger partial charge is 0.481 e. The van der Waals surface area contributed by atoms with E-state index in [1.165, 1.54) is 205 Å². The molecule has 1 unspecified atom stereocenters. The lowest BCUT2D eigenvalue weighted by molar-refractivity contribution is -0.149. The smallest absolute Gasteiger partial charge is 0.306 e. The minimum atomic E-state index is -0.659. The van der Waals surface area contributed by atoms with Crippen LogP contribution in [0.4, 0.5) is 0 Å². The number of carboxylic acid groups (broad SMARTS) is 1. The fraction of sp³-hybridized carbons (Fsp3) is 0.955. The molecule has 0 bridgehead atoms. The lowest BCUT2D eigenvalue weighted by Gasteiger charge is -2.16.